The van der Waals surface area contributed by atoms with E-state index in [1.54, 1.807) is 12.3 Å². The fraction of sp³-hybridized carbons (Fsp3) is 0.150. The molecule has 0 atom stereocenters. The van der Waals surface area contributed by atoms with Gasteiger partial charge in [0.25, 0.3) is 5.91 Å². The van der Waals surface area contributed by atoms with Gasteiger partial charge in [-0.1, -0.05) is 18.1 Å². The number of nitrogens with one attached hydrogen (secondary N) is 1. The van der Waals surface area contributed by atoms with E-state index in [0.29, 0.717) is 29.3 Å². The number of rotatable bonds is 6. The number of aromatic nitrogens is 2. The van der Waals surface area contributed by atoms with E-state index in [1.807, 2.05) is 48.7 Å². The van der Waals surface area contributed by atoms with E-state index < -0.39 is 0 Å². The number of carbonyl (C=O) groups is 1. The number of ether oxygens (including phenoxy) is 1. The van der Waals surface area contributed by atoms with Crippen molar-refractivity contribution in [2.45, 2.75) is 13.3 Å². The Labute approximate surface area is 159 Å². The van der Waals surface area contributed by atoms with E-state index in [0.717, 1.165) is 16.7 Å². The van der Waals surface area contributed by atoms with Gasteiger partial charge >= 0.3 is 0 Å². The van der Waals surface area contributed by atoms with Gasteiger partial charge in [0, 0.05) is 17.6 Å². The summed E-state index contributed by atoms with van der Waals surface area (Å²) in [6.07, 6.45) is 2.61. The monoisotopic (exact) mass is 379 g/mol. The van der Waals surface area contributed by atoms with Crippen LogP contribution in [0.3, 0.4) is 0 Å². The zero-order valence-corrected chi connectivity index (χ0v) is 15.5. The number of carbonyl (C=O) groups excluding carboxylic acids is 1. The van der Waals surface area contributed by atoms with Crippen molar-refractivity contribution in [1.82, 2.24) is 10.1 Å². The predicted octanol–water partition coefficient (Wildman–Crippen LogP) is 4.99. The number of pyridine rings is 1. The minimum absolute atomic E-state index is 0.224. The summed E-state index contributed by atoms with van der Waals surface area (Å²) in [4.78, 5) is 17.9. The van der Waals surface area contributed by atoms with E-state index >= 15 is 0 Å². The highest BCUT2D eigenvalue weighted by Gasteiger charge is 2.16. The van der Waals surface area contributed by atoms with Crippen LogP contribution in [0, 0.1) is 0 Å². The van der Waals surface area contributed by atoms with E-state index in [1.165, 1.54) is 11.3 Å². The van der Waals surface area contributed by atoms with Crippen LogP contribution in [-0.2, 0) is 0 Å². The van der Waals surface area contributed by atoms with Crippen molar-refractivity contribution in [3.05, 3.63) is 59.7 Å². The number of fused-ring (bicyclic) bond motifs is 1. The Hall–Kier alpha value is -3.19. The molecule has 0 fully saturated rings. The van der Waals surface area contributed by atoms with Gasteiger partial charge in [0.2, 0.25) is 0 Å². The molecule has 4 aromatic rings. The molecular weight excluding hydrogens is 362 g/mol. The van der Waals surface area contributed by atoms with Crippen LogP contribution in [-0.4, -0.2) is 22.7 Å². The first-order chi connectivity index (χ1) is 13.3. The van der Waals surface area contributed by atoms with Crippen LogP contribution in [0.4, 0.5) is 5.69 Å². The number of hydrogen-bond acceptors (Lipinski definition) is 6. The lowest BCUT2D eigenvalue weighted by atomic mass is 10.1. The third-order valence-electron chi connectivity index (χ3n) is 3.95. The maximum atomic E-state index is 12.6. The van der Waals surface area contributed by atoms with Crippen LogP contribution < -0.4 is 10.1 Å². The van der Waals surface area contributed by atoms with Crippen LogP contribution in [0.25, 0.3) is 21.5 Å². The first-order valence-corrected chi connectivity index (χ1v) is 9.46. The molecule has 0 aliphatic rings. The first kappa shape index (κ1) is 17.2. The highest BCUT2D eigenvalue weighted by molar-refractivity contribution is 7.13. The van der Waals surface area contributed by atoms with Crippen molar-refractivity contribution in [3.8, 4) is 16.4 Å². The van der Waals surface area contributed by atoms with Gasteiger partial charge in [0.05, 0.1) is 17.2 Å². The summed E-state index contributed by atoms with van der Waals surface area (Å²) in [6.45, 7) is 2.66. The summed E-state index contributed by atoms with van der Waals surface area (Å²) in [5, 5.41) is 9.53. The Morgan fingerprint density at radius 1 is 1.26 bits per heavy atom. The van der Waals surface area contributed by atoms with Gasteiger partial charge < -0.3 is 14.6 Å². The molecule has 4 rings (SSSR count). The van der Waals surface area contributed by atoms with Crippen molar-refractivity contribution < 1.29 is 14.1 Å². The lowest BCUT2D eigenvalue weighted by Gasteiger charge is -2.11. The summed E-state index contributed by atoms with van der Waals surface area (Å²) < 4.78 is 11.0. The molecule has 1 amide bonds. The first-order valence-electron chi connectivity index (χ1n) is 8.58. The van der Waals surface area contributed by atoms with Crippen LogP contribution >= 0.6 is 11.3 Å². The molecule has 0 aliphatic carbocycles. The van der Waals surface area contributed by atoms with Gasteiger partial charge in [-0.05, 0) is 42.1 Å². The summed E-state index contributed by atoms with van der Waals surface area (Å²) >= 11 is 1.53. The maximum Gasteiger partial charge on any atom is 0.277 e. The van der Waals surface area contributed by atoms with E-state index in [4.69, 9.17) is 9.26 Å². The minimum atomic E-state index is -0.339. The predicted molar refractivity (Wildman–Crippen MR) is 105 cm³/mol. The average molecular weight is 379 g/mol. The van der Waals surface area contributed by atoms with Gasteiger partial charge in [0.15, 0.2) is 11.5 Å². The maximum absolute atomic E-state index is 12.6. The van der Waals surface area contributed by atoms with Gasteiger partial charge in [-0.25, -0.2) is 0 Å². The second kappa shape index (κ2) is 7.59. The van der Waals surface area contributed by atoms with Crippen molar-refractivity contribution in [3.63, 3.8) is 0 Å². The van der Waals surface area contributed by atoms with Crippen LogP contribution in [0.5, 0.6) is 5.75 Å². The topological polar surface area (TPSA) is 77.2 Å². The largest absolute Gasteiger partial charge is 0.491 e. The summed E-state index contributed by atoms with van der Waals surface area (Å²) in [7, 11) is 0. The fourth-order valence-electron chi connectivity index (χ4n) is 2.69. The molecule has 0 unspecified atom stereocenters. The zero-order chi connectivity index (χ0) is 18.6. The quantitative estimate of drug-likeness (QED) is 0.510. The summed E-state index contributed by atoms with van der Waals surface area (Å²) in [5.41, 5.74) is 1.58. The van der Waals surface area contributed by atoms with Crippen molar-refractivity contribution in [1.29, 1.82) is 0 Å². The molecule has 0 aliphatic heterocycles. The standard InChI is InChI=1S/C20H17N3O3S/c1-2-10-25-16-8-7-14(13-5-3-9-21-19(13)16)22-20(24)15-12-17(26-23-15)18-6-4-11-27-18/h3-9,11-12H,2,10H2,1H3,(H,22,24). The highest BCUT2D eigenvalue weighted by Crippen LogP contribution is 2.31. The second-order valence-corrected chi connectivity index (χ2v) is 6.81. The molecule has 0 saturated carbocycles. The number of thiophene rings is 1. The van der Waals surface area contributed by atoms with E-state index in [9.17, 15) is 4.79 Å². The molecule has 7 heteroatoms. The molecule has 1 N–H and O–H groups in total. The van der Waals surface area contributed by atoms with Crippen LogP contribution in [0.1, 0.15) is 23.8 Å². The van der Waals surface area contributed by atoms with Gasteiger partial charge in [-0.3, -0.25) is 9.78 Å². The van der Waals surface area contributed by atoms with Gasteiger partial charge in [-0.2, -0.15) is 0 Å². The number of amides is 1. The normalized spacial score (nSPS) is 10.9. The average Bonchev–Trinajstić information content (AvgIpc) is 3.39. The highest BCUT2D eigenvalue weighted by atomic mass is 32.1. The third-order valence-corrected chi connectivity index (χ3v) is 4.83. The second-order valence-electron chi connectivity index (χ2n) is 5.87. The molecule has 6 nitrogen and oxygen atoms in total. The molecule has 0 spiro atoms. The lowest BCUT2D eigenvalue weighted by Crippen LogP contribution is -2.12. The third kappa shape index (κ3) is 3.54. The Kier molecular flexibility index (Phi) is 4.84. The molecular formula is C20H17N3O3S. The number of hydrogen-bond donors (Lipinski definition) is 1. The smallest absolute Gasteiger partial charge is 0.277 e. The fourth-order valence-corrected chi connectivity index (χ4v) is 3.36. The van der Waals surface area contributed by atoms with Gasteiger partial charge in [0.1, 0.15) is 11.3 Å². The van der Waals surface area contributed by atoms with Crippen molar-refractivity contribution in [2.24, 2.45) is 0 Å². The van der Waals surface area contributed by atoms with Gasteiger partial charge in [-0.15, -0.1) is 11.3 Å². The Balaban J connectivity index is 1.61. The molecule has 27 heavy (non-hydrogen) atoms. The summed E-state index contributed by atoms with van der Waals surface area (Å²) in [6, 6.07) is 12.8. The Morgan fingerprint density at radius 3 is 3.00 bits per heavy atom. The molecule has 1 aromatic carbocycles. The van der Waals surface area contributed by atoms with E-state index in [-0.39, 0.29) is 11.6 Å². The summed E-state index contributed by atoms with van der Waals surface area (Å²) in [5.74, 6) is 0.936. The molecule has 0 bridgehead atoms. The Morgan fingerprint density at radius 2 is 2.19 bits per heavy atom. The Bertz CT molecular complexity index is 1070. The van der Waals surface area contributed by atoms with Crippen molar-refractivity contribution >= 4 is 33.8 Å². The zero-order valence-electron chi connectivity index (χ0n) is 14.6. The van der Waals surface area contributed by atoms with Crippen LogP contribution in [0.15, 0.2) is 58.6 Å². The minimum Gasteiger partial charge on any atom is -0.491 e. The molecule has 0 radical (unpaired) electrons. The lowest BCUT2D eigenvalue weighted by molar-refractivity contribution is 0.101. The van der Waals surface area contributed by atoms with Crippen LogP contribution in [0.2, 0.25) is 0 Å². The molecule has 0 saturated heterocycles. The number of nitrogens with zero attached hydrogens (tertiary/aromatic N) is 2. The molecule has 136 valence electrons. The SMILES string of the molecule is CCCOc1ccc(NC(=O)c2cc(-c3cccs3)on2)c2cccnc12. The van der Waals surface area contributed by atoms with E-state index in [2.05, 4.69) is 15.5 Å². The molecule has 3 aromatic heterocycles. The molecule has 3 heterocycles. The number of benzene rings is 1. The van der Waals surface area contributed by atoms with Crippen molar-refractivity contribution in [2.75, 3.05) is 11.9 Å². The number of anilines is 1.